The summed E-state index contributed by atoms with van der Waals surface area (Å²) in [5.41, 5.74) is 3.95. The molecule has 3 aromatic carbocycles. The highest BCUT2D eigenvalue weighted by atomic mass is 16.5. The third-order valence-electron chi connectivity index (χ3n) is 6.46. The zero-order chi connectivity index (χ0) is 25.2. The fraction of sp³-hybridized carbons (Fsp3) is 0.281. The molecule has 4 nitrogen and oxygen atoms in total. The van der Waals surface area contributed by atoms with Gasteiger partial charge >= 0.3 is 5.63 Å². The van der Waals surface area contributed by atoms with Crippen LogP contribution in [0.2, 0.25) is 0 Å². The van der Waals surface area contributed by atoms with Crippen LogP contribution >= 0.6 is 0 Å². The Hall–Kier alpha value is -3.79. The summed E-state index contributed by atoms with van der Waals surface area (Å²) in [6.45, 7) is 2.97. The summed E-state index contributed by atoms with van der Waals surface area (Å²) < 4.78 is 11.4. The lowest BCUT2D eigenvalue weighted by Crippen LogP contribution is -2.24. The highest BCUT2D eigenvalue weighted by Crippen LogP contribution is 2.35. The average Bonchev–Trinajstić information content (AvgIpc) is 2.94. The van der Waals surface area contributed by atoms with Crippen molar-refractivity contribution in [2.45, 2.75) is 45.4 Å². The van der Waals surface area contributed by atoms with Gasteiger partial charge in [0.05, 0.1) is 7.11 Å². The third kappa shape index (κ3) is 6.25. The number of anilines is 2. The fourth-order valence-electron chi connectivity index (χ4n) is 4.49. The van der Waals surface area contributed by atoms with Crippen molar-refractivity contribution in [3.05, 3.63) is 101 Å². The van der Waals surface area contributed by atoms with Crippen LogP contribution in [0, 0.1) is 0 Å². The van der Waals surface area contributed by atoms with Gasteiger partial charge in [0.1, 0.15) is 17.2 Å². The van der Waals surface area contributed by atoms with Gasteiger partial charge < -0.3 is 14.1 Å². The summed E-state index contributed by atoms with van der Waals surface area (Å²) in [5, 5.41) is 0. The maximum Gasteiger partial charge on any atom is 0.360 e. The van der Waals surface area contributed by atoms with Crippen LogP contribution in [0.25, 0.3) is 22.5 Å². The first-order valence-electron chi connectivity index (χ1n) is 12.9. The van der Waals surface area contributed by atoms with Crippen LogP contribution in [-0.2, 0) is 0 Å². The number of rotatable bonds is 12. The molecule has 0 fully saturated rings. The molecule has 4 heteroatoms. The second-order valence-corrected chi connectivity index (χ2v) is 9.01. The van der Waals surface area contributed by atoms with E-state index in [9.17, 15) is 4.79 Å². The Morgan fingerprint density at radius 3 is 2.00 bits per heavy atom. The van der Waals surface area contributed by atoms with E-state index < -0.39 is 0 Å². The lowest BCUT2D eigenvalue weighted by Gasteiger charge is -2.25. The van der Waals surface area contributed by atoms with Crippen LogP contribution in [0.15, 0.2) is 100 Å². The maximum absolute atomic E-state index is 13.5. The second kappa shape index (κ2) is 12.8. The van der Waals surface area contributed by atoms with Crippen LogP contribution in [0.1, 0.15) is 45.4 Å². The molecule has 0 bridgehead atoms. The number of nitrogens with zero attached hydrogens (tertiary/aromatic N) is 1. The number of methoxy groups -OCH3 is 1. The molecule has 4 rings (SSSR count). The smallest absolute Gasteiger partial charge is 0.360 e. The predicted molar refractivity (Wildman–Crippen MR) is 149 cm³/mol. The molecule has 0 saturated carbocycles. The van der Waals surface area contributed by atoms with Crippen molar-refractivity contribution >= 4 is 11.4 Å². The van der Waals surface area contributed by atoms with Crippen LogP contribution < -0.4 is 15.3 Å². The number of benzene rings is 3. The lowest BCUT2D eigenvalue weighted by atomic mass is 10.00. The molecule has 0 aliphatic heterocycles. The quantitative estimate of drug-likeness (QED) is 0.190. The highest BCUT2D eigenvalue weighted by molar-refractivity contribution is 5.82. The van der Waals surface area contributed by atoms with E-state index in [1.54, 1.807) is 7.11 Å². The van der Waals surface area contributed by atoms with Gasteiger partial charge in [-0.2, -0.15) is 0 Å². The van der Waals surface area contributed by atoms with Crippen LogP contribution in [0.5, 0.6) is 5.75 Å². The van der Waals surface area contributed by atoms with Gasteiger partial charge in [-0.05, 0) is 42.3 Å². The fourth-order valence-corrected chi connectivity index (χ4v) is 4.49. The Labute approximate surface area is 214 Å². The number of ether oxygens (including phenoxy) is 1. The van der Waals surface area contributed by atoms with Gasteiger partial charge in [0, 0.05) is 23.4 Å². The Morgan fingerprint density at radius 2 is 1.36 bits per heavy atom. The predicted octanol–water partition coefficient (Wildman–Crippen LogP) is 8.48. The topological polar surface area (TPSA) is 42.7 Å². The van der Waals surface area contributed by atoms with Crippen molar-refractivity contribution in [2.24, 2.45) is 0 Å². The van der Waals surface area contributed by atoms with Gasteiger partial charge in [0.2, 0.25) is 0 Å². The van der Waals surface area contributed by atoms with Crippen LogP contribution in [0.3, 0.4) is 0 Å². The van der Waals surface area contributed by atoms with Crippen molar-refractivity contribution in [2.75, 3.05) is 18.6 Å². The molecule has 4 aromatic rings. The minimum Gasteiger partial charge on any atom is -0.497 e. The molecule has 0 radical (unpaired) electrons. The van der Waals surface area contributed by atoms with Crippen LogP contribution in [0.4, 0.5) is 11.4 Å². The summed E-state index contributed by atoms with van der Waals surface area (Å²) in [6, 6.07) is 29.8. The van der Waals surface area contributed by atoms with Crippen molar-refractivity contribution < 1.29 is 9.15 Å². The summed E-state index contributed by atoms with van der Waals surface area (Å²) in [5.74, 6) is 1.37. The van der Waals surface area contributed by atoms with Crippen molar-refractivity contribution in [1.82, 2.24) is 0 Å². The molecule has 0 saturated heterocycles. The first-order chi connectivity index (χ1) is 17.7. The van der Waals surface area contributed by atoms with E-state index in [0.717, 1.165) is 47.5 Å². The summed E-state index contributed by atoms with van der Waals surface area (Å²) >= 11 is 0. The zero-order valence-corrected chi connectivity index (χ0v) is 21.3. The van der Waals surface area contributed by atoms with Gasteiger partial charge in [-0.1, -0.05) is 99.7 Å². The van der Waals surface area contributed by atoms with Crippen LogP contribution in [-0.4, -0.2) is 13.7 Å². The SMILES string of the molecule is CCCCCCCCN(c1ccc(OC)cc1)c1cc(-c2ccccc2)c(-c2ccccc2)oc1=O. The average molecular weight is 482 g/mol. The van der Waals surface area contributed by atoms with Crippen molar-refractivity contribution in [3.8, 4) is 28.2 Å². The summed E-state index contributed by atoms with van der Waals surface area (Å²) in [7, 11) is 1.66. The molecule has 0 atom stereocenters. The first kappa shape index (κ1) is 25.3. The van der Waals surface area contributed by atoms with E-state index in [1.165, 1.54) is 25.7 Å². The molecular formula is C32H35NO3. The molecule has 186 valence electrons. The maximum atomic E-state index is 13.5. The number of hydrogen-bond donors (Lipinski definition) is 0. The van der Waals surface area contributed by atoms with Gasteiger partial charge in [0.25, 0.3) is 0 Å². The second-order valence-electron chi connectivity index (χ2n) is 9.01. The van der Waals surface area contributed by atoms with Gasteiger partial charge in [-0.15, -0.1) is 0 Å². The van der Waals surface area contributed by atoms with E-state index in [-0.39, 0.29) is 5.63 Å². The minimum atomic E-state index is -0.338. The first-order valence-corrected chi connectivity index (χ1v) is 12.9. The molecule has 0 spiro atoms. The van der Waals surface area contributed by atoms with Gasteiger partial charge in [0.15, 0.2) is 0 Å². The van der Waals surface area contributed by atoms with Crippen molar-refractivity contribution in [3.63, 3.8) is 0 Å². The van der Waals surface area contributed by atoms with E-state index in [1.807, 2.05) is 78.9 Å². The van der Waals surface area contributed by atoms with E-state index in [4.69, 9.17) is 9.15 Å². The normalized spacial score (nSPS) is 10.8. The van der Waals surface area contributed by atoms with Gasteiger partial charge in [-0.25, -0.2) is 4.79 Å². The highest BCUT2D eigenvalue weighted by Gasteiger charge is 2.20. The molecule has 1 heterocycles. The molecule has 0 N–H and O–H groups in total. The Bertz CT molecular complexity index is 1260. The molecule has 0 amide bonds. The van der Waals surface area contributed by atoms with E-state index in [2.05, 4.69) is 24.0 Å². The Kier molecular flexibility index (Phi) is 8.98. The molecular weight excluding hydrogens is 446 g/mol. The summed E-state index contributed by atoms with van der Waals surface area (Å²) in [6.07, 6.45) is 7.09. The standard InChI is InChI=1S/C32H35NO3/c1-3-4-5-6-7-14-23-33(27-19-21-28(35-2)22-20-27)30-24-29(25-15-10-8-11-16-25)31(36-32(30)34)26-17-12-9-13-18-26/h8-13,15-22,24H,3-7,14,23H2,1-2H3. The molecule has 0 aliphatic carbocycles. The van der Waals surface area contributed by atoms with Crippen molar-refractivity contribution in [1.29, 1.82) is 0 Å². The molecule has 0 aliphatic rings. The minimum absolute atomic E-state index is 0.338. The summed E-state index contributed by atoms with van der Waals surface area (Å²) in [4.78, 5) is 15.6. The Morgan fingerprint density at radius 1 is 0.750 bits per heavy atom. The lowest BCUT2D eigenvalue weighted by molar-refractivity contribution is 0.415. The Balaban J connectivity index is 1.76. The monoisotopic (exact) mass is 481 g/mol. The zero-order valence-electron chi connectivity index (χ0n) is 21.3. The van der Waals surface area contributed by atoms with E-state index >= 15 is 0 Å². The number of unbranched alkanes of at least 4 members (excludes halogenated alkanes) is 5. The molecule has 36 heavy (non-hydrogen) atoms. The largest absolute Gasteiger partial charge is 0.497 e. The van der Waals surface area contributed by atoms with Gasteiger partial charge in [-0.3, -0.25) is 0 Å². The number of hydrogen-bond acceptors (Lipinski definition) is 4. The van der Waals surface area contributed by atoms with E-state index in [0.29, 0.717) is 11.4 Å². The molecule has 1 aromatic heterocycles. The molecule has 0 unspecified atom stereocenters. The third-order valence-corrected chi connectivity index (χ3v) is 6.46.